The number of hydrogen-bond donors (Lipinski definition) is 1. The van der Waals surface area contributed by atoms with E-state index in [0.717, 1.165) is 32.5 Å². The molecule has 1 fully saturated rings. The molecule has 1 aliphatic heterocycles. The lowest BCUT2D eigenvalue weighted by atomic mass is 9.98. The Morgan fingerprint density at radius 1 is 1.12 bits per heavy atom. The number of carbonyl (C=O) groups excluding carboxylic acids is 1. The van der Waals surface area contributed by atoms with Crippen molar-refractivity contribution >= 4 is 6.03 Å². The van der Waals surface area contributed by atoms with E-state index in [-0.39, 0.29) is 6.03 Å². The first-order valence-corrected chi connectivity index (χ1v) is 6.64. The smallest absolute Gasteiger partial charge is 0.317 e. The van der Waals surface area contributed by atoms with Crippen molar-refractivity contribution in [3.8, 4) is 0 Å². The zero-order valence-corrected chi connectivity index (χ0v) is 11.0. The van der Waals surface area contributed by atoms with E-state index in [4.69, 9.17) is 0 Å². The lowest BCUT2D eigenvalue weighted by Crippen LogP contribution is -2.42. The average molecular weight is 226 g/mol. The molecule has 3 heteroatoms. The number of carbonyl (C=O) groups is 1. The fourth-order valence-corrected chi connectivity index (χ4v) is 1.87. The third-order valence-electron chi connectivity index (χ3n) is 3.61. The minimum atomic E-state index is 0.134. The van der Waals surface area contributed by atoms with E-state index in [9.17, 15) is 4.79 Å². The number of rotatable bonds is 3. The van der Waals surface area contributed by atoms with Gasteiger partial charge in [-0.15, -0.1) is 0 Å². The van der Waals surface area contributed by atoms with Crippen LogP contribution in [0.1, 0.15) is 46.5 Å². The lowest BCUT2D eigenvalue weighted by molar-refractivity contribution is 0.197. The van der Waals surface area contributed by atoms with Gasteiger partial charge in [-0.1, -0.05) is 33.6 Å². The van der Waals surface area contributed by atoms with Gasteiger partial charge in [0, 0.05) is 19.6 Å². The highest BCUT2D eigenvalue weighted by Gasteiger charge is 2.16. The molecule has 2 amide bonds. The standard InChI is InChI=1S/C13H26N2O/c1-11(2)12(3)10-14-13(16)15-8-6-4-5-7-9-15/h11-12H,4-10H2,1-3H3,(H,14,16). The Morgan fingerprint density at radius 3 is 2.19 bits per heavy atom. The number of hydrogen-bond acceptors (Lipinski definition) is 1. The minimum absolute atomic E-state index is 0.134. The van der Waals surface area contributed by atoms with Gasteiger partial charge in [0.15, 0.2) is 0 Å². The van der Waals surface area contributed by atoms with E-state index in [1.807, 2.05) is 4.90 Å². The van der Waals surface area contributed by atoms with Gasteiger partial charge in [-0.3, -0.25) is 0 Å². The maximum absolute atomic E-state index is 11.9. The van der Waals surface area contributed by atoms with Crippen molar-refractivity contribution in [2.24, 2.45) is 11.8 Å². The van der Waals surface area contributed by atoms with Crippen molar-refractivity contribution in [2.75, 3.05) is 19.6 Å². The van der Waals surface area contributed by atoms with Gasteiger partial charge in [-0.25, -0.2) is 4.79 Å². The molecule has 0 bridgehead atoms. The molecule has 0 aliphatic carbocycles. The van der Waals surface area contributed by atoms with Gasteiger partial charge in [0.1, 0.15) is 0 Å². The largest absolute Gasteiger partial charge is 0.338 e. The van der Waals surface area contributed by atoms with E-state index >= 15 is 0 Å². The van der Waals surface area contributed by atoms with Gasteiger partial charge in [0.25, 0.3) is 0 Å². The second kappa shape index (κ2) is 6.77. The number of amides is 2. The number of nitrogens with zero attached hydrogens (tertiary/aromatic N) is 1. The Kier molecular flexibility index (Phi) is 5.64. The average Bonchev–Trinajstić information content (AvgIpc) is 2.53. The predicted molar refractivity (Wildman–Crippen MR) is 67.4 cm³/mol. The molecule has 1 saturated heterocycles. The highest BCUT2D eigenvalue weighted by Crippen LogP contribution is 2.11. The summed E-state index contributed by atoms with van der Waals surface area (Å²) in [6, 6.07) is 0.134. The Bertz CT molecular complexity index is 208. The van der Waals surface area contributed by atoms with Gasteiger partial charge in [-0.2, -0.15) is 0 Å². The van der Waals surface area contributed by atoms with Crippen LogP contribution >= 0.6 is 0 Å². The summed E-state index contributed by atoms with van der Waals surface area (Å²) >= 11 is 0. The van der Waals surface area contributed by atoms with Crippen LogP contribution in [0.5, 0.6) is 0 Å². The molecule has 0 aromatic heterocycles. The van der Waals surface area contributed by atoms with Gasteiger partial charge in [-0.05, 0) is 24.7 Å². The predicted octanol–water partition coefficient (Wildman–Crippen LogP) is 2.86. The Morgan fingerprint density at radius 2 is 1.69 bits per heavy atom. The molecule has 3 nitrogen and oxygen atoms in total. The molecule has 16 heavy (non-hydrogen) atoms. The second-order valence-corrected chi connectivity index (χ2v) is 5.31. The molecule has 1 N–H and O–H groups in total. The summed E-state index contributed by atoms with van der Waals surface area (Å²) in [7, 11) is 0. The monoisotopic (exact) mass is 226 g/mol. The van der Waals surface area contributed by atoms with Crippen LogP contribution < -0.4 is 5.32 Å². The minimum Gasteiger partial charge on any atom is -0.338 e. The summed E-state index contributed by atoms with van der Waals surface area (Å²) in [6.07, 6.45) is 4.86. The van der Waals surface area contributed by atoms with Gasteiger partial charge < -0.3 is 10.2 Å². The molecule has 1 rings (SSSR count). The first-order chi connectivity index (χ1) is 7.61. The van der Waals surface area contributed by atoms with Crippen LogP contribution in [0.25, 0.3) is 0 Å². The summed E-state index contributed by atoms with van der Waals surface area (Å²) in [5.74, 6) is 1.18. The summed E-state index contributed by atoms with van der Waals surface area (Å²) in [5.41, 5.74) is 0. The van der Waals surface area contributed by atoms with Gasteiger partial charge in [0.2, 0.25) is 0 Å². The maximum atomic E-state index is 11.9. The van der Waals surface area contributed by atoms with Crippen molar-refractivity contribution in [1.29, 1.82) is 0 Å². The first kappa shape index (κ1) is 13.3. The molecule has 1 unspecified atom stereocenters. The SMILES string of the molecule is CC(C)C(C)CNC(=O)N1CCCCCC1. The van der Waals surface area contributed by atoms with Crippen molar-refractivity contribution in [3.63, 3.8) is 0 Å². The second-order valence-electron chi connectivity index (χ2n) is 5.31. The molecule has 0 saturated carbocycles. The van der Waals surface area contributed by atoms with Crippen LogP contribution in [0.2, 0.25) is 0 Å². The summed E-state index contributed by atoms with van der Waals surface area (Å²) in [5, 5.41) is 3.05. The highest BCUT2D eigenvalue weighted by atomic mass is 16.2. The fraction of sp³-hybridized carbons (Fsp3) is 0.923. The van der Waals surface area contributed by atoms with Crippen molar-refractivity contribution < 1.29 is 4.79 Å². The Hall–Kier alpha value is -0.730. The van der Waals surface area contributed by atoms with Crippen LogP contribution in [-0.4, -0.2) is 30.6 Å². The highest BCUT2D eigenvalue weighted by molar-refractivity contribution is 5.74. The zero-order valence-electron chi connectivity index (χ0n) is 11.0. The molecule has 1 heterocycles. The van der Waals surface area contributed by atoms with Crippen molar-refractivity contribution in [1.82, 2.24) is 10.2 Å². The van der Waals surface area contributed by atoms with Crippen LogP contribution in [-0.2, 0) is 0 Å². The summed E-state index contributed by atoms with van der Waals surface area (Å²) in [4.78, 5) is 13.9. The van der Waals surface area contributed by atoms with Crippen LogP contribution in [0.3, 0.4) is 0 Å². The van der Waals surface area contributed by atoms with Crippen molar-refractivity contribution in [2.45, 2.75) is 46.5 Å². The van der Waals surface area contributed by atoms with E-state index in [0.29, 0.717) is 11.8 Å². The topological polar surface area (TPSA) is 32.3 Å². The molecule has 0 radical (unpaired) electrons. The van der Waals surface area contributed by atoms with E-state index < -0.39 is 0 Å². The third-order valence-corrected chi connectivity index (χ3v) is 3.61. The molecular weight excluding hydrogens is 200 g/mol. The molecule has 1 atom stereocenters. The van der Waals surface area contributed by atoms with Gasteiger partial charge >= 0.3 is 6.03 Å². The molecule has 94 valence electrons. The van der Waals surface area contributed by atoms with Gasteiger partial charge in [0.05, 0.1) is 0 Å². The molecule has 0 aromatic rings. The quantitative estimate of drug-likeness (QED) is 0.788. The Labute approximate surface area is 99.6 Å². The molecule has 0 spiro atoms. The zero-order chi connectivity index (χ0) is 12.0. The van der Waals surface area contributed by atoms with E-state index in [1.165, 1.54) is 12.8 Å². The van der Waals surface area contributed by atoms with Crippen LogP contribution in [0.15, 0.2) is 0 Å². The summed E-state index contributed by atoms with van der Waals surface area (Å²) in [6.45, 7) is 9.25. The van der Waals surface area contributed by atoms with Crippen LogP contribution in [0, 0.1) is 11.8 Å². The first-order valence-electron chi connectivity index (χ1n) is 6.64. The lowest BCUT2D eigenvalue weighted by Gasteiger charge is -2.23. The van der Waals surface area contributed by atoms with Crippen LogP contribution in [0.4, 0.5) is 4.79 Å². The molecular formula is C13H26N2O. The fourth-order valence-electron chi connectivity index (χ4n) is 1.87. The number of likely N-dealkylation sites (tertiary alicyclic amines) is 1. The summed E-state index contributed by atoms with van der Waals surface area (Å²) < 4.78 is 0. The Balaban J connectivity index is 2.27. The normalized spacial score (nSPS) is 19.4. The van der Waals surface area contributed by atoms with E-state index in [1.54, 1.807) is 0 Å². The number of nitrogens with one attached hydrogen (secondary N) is 1. The third kappa shape index (κ3) is 4.42. The maximum Gasteiger partial charge on any atom is 0.317 e. The number of urea groups is 1. The van der Waals surface area contributed by atoms with Crippen molar-refractivity contribution in [3.05, 3.63) is 0 Å². The van der Waals surface area contributed by atoms with E-state index in [2.05, 4.69) is 26.1 Å². The molecule has 1 aliphatic rings. The molecule has 0 aromatic carbocycles.